The van der Waals surface area contributed by atoms with Crippen LogP contribution in [0.2, 0.25) is 10.0 Å². The highest BCUT2D eigenvalue weighted by Gasteiger charge is 2.23. The maximum Gasteiger partial charge on any atom is 0.262 e. The summed E-state index contributed by atoms with van der Waals surface area (Å²) in [6.45, 7) is 0.990. The van der Waals surface area contributed by atoms with E-state index < -0.39 is 15.0 Å². The molecule has 0 atom stereocenters. The minimum absolute atomic E-state index is 0.0541. The normalized spacial score (nSPS) is 11.4. The number of rotatable bonds is 7. The monoisotopic (exact) mass is 373 g/mol. The highest BCUT2D eigenvalue weighted by Crippen LogP contribution is 2.32. The van der Waals surface area contributed by atoms with E-state index in [1.165, 1.54) is 6.07 Å². The summed E-state index contributed by atoms with van der Waals surface area (Å²) in [5.41, 5.74) is -0.105. The lowest BCUT2D eigenvalue weighted by Crippen LogP contribution is -2.25. The van der Waals surface area contributed by atoms with Gasteiger partial charge < -0.3 is 10.1 Å². The molecule has 0 aliphatic heterocycles. The van der Waals surface area contributed by atoms with Crippen molar-refractivity contribution in [2.75, 3.05) is 20.3 Å². The number of nitrogens with one attached hydrogen (secondary N) is 1. The van der Waals surface area contributed by atoms with Gasteiger partial charge in [0.1, 0.15) is 4.90 Å². The van der Waals surface area contributed by atoms with Crippen molar-refractivity contribution in [3.05, 3.63) is 27.7 Å². The van der Waals surface area contributed by atoms with Crippen LogP contribution in [0.1, 0.15) is 23.2 Å². The summed E-state index contributed by atoms with van der Waals surface area (Å²) in [4.78, 5) is 11.7. The zero-order valence-electron chi connectivity index (χ0n) is 11.2. The first-order valence-electron chi connectivity index (χ1n) is 5.99. The van der Waals surface area contributed by atoms with Gasteiger partial charge in [-0.15, -0.1) is 0 Å². The third kappa shape index (κ3) is 5.30. The van der Waals surface area contributed by atoms with Gasteiger partial charge in [0.2, 0.25) is 0 Å². The molecular formula is C12H14Cl3NO4S. The van der Waals surface area contributed by atoms with E-state index in [2.05, 4.69) is 5.32 Å². The standard InChI is InChI=1S/C12H14Cl3NO4S/c1-20-7-3-2-6-16-12(17)10-8(13)4-5-9(11(10)14)21(15,18)19/h4-5H,2-3,6-7H2,1H3,(H,16,17). The number of carbonyl (C=O) groups is 1. The molecule has 0 saturated carbocycles. The molecule has 5 nitrogen and oxygen atoms in total. The van der Waals surface area contributed by atoms with Gasteiger partial charge in [0.15, 0.2) is 0 Å². The molecule has 0 aliphatic rings. The topological polar surface area (TPSA) is 72.5 Å². The molecule has 0 fully saturated rings. The van der Waals surface area contributed by atoms with E-state index in [4.69, 9.17) is 38.6 Å². The molecule has 1 rings (SSSR count). The van der Waals surface area contributed by atoms with Crippen LogP contribution in [0.4, 0.5) is 0 Å². The van der Waals surface area contributed by atoms with Gasteiger partial charge in [-0.05, 0) is 25.0 Å². The number of benzene rings is 1. The smallest absolute Gasteiger partial charge is 0.262 e. The van der Waals surface area contributed by atoms with Crippen LogP contribution in [0.5, 0.6) is 0 Å². The van der Waals surface area contributed by atoms with Crippen LogP contribution in [-0.4, -0.2) is 34.6 Å². The van der Waals surface area contributed by atoms with E-state index in [1.807, 2.05) is 0 Å². The molecule has 9 heteroatoms. The SMILES string of the molecule is COCCCCNC(=O)c1c(Cl)ccc(S(=O)(=O)Cl)c1Cl. The van der Waals surface area contributed by atoms with E-state index in [9.17, 15) is 13.2 Å². The fourth-order valence-electron chi connectivity index (χ4n) is 1.59. The van der Waals surface area contributed by atoms with Crippen molar-refractivity contribution in [1.82, 2.24) is 5.32 Å². The molecule has 0 saturated heterocycles. The van der Waals surface area contributed by atoms with E-state index in [1.54, 1.807) is 7.11 Å². The van der Waals surface area contributed by atoms with Crippen LogP contribution >= 0.6 is 33.9 Å². The van der Waals surface area contributed by atoms with Gasteiger partial charge in [0, 0.05) is 30.9 Å². The lowest BCUT2D eigenvalue weighted by molar-refractivity contribution is 0.0951. The van der Waals surface area contributed by atoms with Gasteiger partial charge in [0.05, 0.1) is 15.6 Å². The summed E-state index contributed by atoms with van der Waals surface area (Å²) in [6.07, 6.45) is 1.50. The van der Waals surface area contributed by atoms with Gasteiger partial charge in [-0.25, -0.2) is 8.42 Å². The Morgan fingerprint density at radius 2 is 1.95 bits per heavy atom. The van der Waals surface area contributed by atoms with E-state index in [0.717, 1.165) is 12.5 Å². The van der Waals surface area contributed by atoms with Gasteiger partial charge in [-0.2, -0.15) is 0 Å². The Balaban J connectivity index is 2.89. The van der Waals surface area contributed by atoms with Crippen LogP contribution in [0, 0.1) is 0 Å². The third-order valence-corrected chi connectivity index (χ3v) is 4.79. The molecular weight excluding hydrogens is 361 g/mol. The second-order valence-electron chi connectivity index (χ2n) is 4.13. The summed E-state index contributed by atoms with van der Waals surface area (Å²) >= 11 is 11.8. The number of hydrogen-bond donors (Lipinski definition) is 1. The Bertz CT molecular complexity index is 619. The maximum absolute atomic E-state index is 12.0. The number of ether oxygens (including phenoxy) is 1. The molecule has 21 heavy (non-hydrogen) atoms. The third-order valence-electron chi connectivity index (χ3n) is 2.61. The van der Waals surface area contributed by atoms with Gasteiger partial charge >= 0.3 is 0 Å². The first-order chi connectivity index (χ1) is 9.79. The molecule has 1 aromatic rings. The van der Waals surface area contributed by atoms with Crippen molar-refractivity contribution in [1.29, 1.82) is 0 Å². The minimum Gasteiger partial charge on any atom is -0.385 e. The van der Waals surface area contributed by atoms with Crippen molar-refractivity contribution < 1.29 is 17.9 Å². The van der Waals surface area contributed by atoms with E-state index in [0.29, 0.717) is 19.6 Å². The minimum atomic E-state index is -4.05. The second-order valence-corrected chi connectivity index (χ2v) is 7.45. The predicted molar refractivity (Wildman–Crippen MR) is 82.9 cm³/mol. The average molecular weight is 375 g/mol. The van der Waals surface area contributed by atoms with Crippen molar-refractivity contribution in [2.24, 2.45) is 0 Å². The lowest BCUT2D eigenvalue weighted by Gasteiger charge is -2.10. The fraction of sp³-hybridized carbons (Fsp3) is 0.417. The van der Waals surface area contributed by atoms with Crippen molar-refractivity contribution in [2.45, 2.75) is 17.7 Å². The Hall–Kier alpha value is -0.530. The number of methoxy groups -OCH3 is 1. The van der Waals surface area contributed by atoms with Gasteiger partial charge in [0.25, 0.3) is 15.0 Å². The van der Waals surface area contributed by atoms with Crippen molar-refractivity contribution in [3.8, 4) is 0 Å². The predicted octanol–water partition coefficient (Wildman–Crippen LogP) is 3.08. The highest BCUT2D eigenvalue weighted by molar-refractivity contribution is 8.13. The Labute approximate surface area is 137 Å². The van der Waals surface area contributed by atoms with Gasteiger partial charge in [-0.3, -0.25) is 4.79 Å². The summed E-state index contributed by atoms with van der Waals surface area (Å²) in [7, 11) is 2.79. The summed E-state index contributed by atoms with van der Waals surface area (Å²) in [6, 6.07) is 2.42. The number of amides is 1. The van der Waals surface area contributed by atoms with E-state index >= 15 is 0 Å². The molecule has 0 unspecified atom stereocenters. The quantitative estimate of drug-likeness (QED) is 0.588. The zero-order chi connectivity index (χ0) is 16.0. The molecule has 1 amide bonds. The van der Waals surface area contributed by atoms with Crippen LogP contribution < -0.4 is 5.32 Å². The van der Waals surface area contributed by atoms with Crippen molar-refractivity contribution >= 4 is 48.8 Å². The molecule has 1 N–H and O–H groups in total. The van der Waals surface area contributed by atoms with Gasteiger partial charge in [-0.1, -0.05) is 23.2 Å². The average Bonchev–Trinajstić information content (AvgIpc) is 2.37. The Kier molecular flexibility index (Phi) is 7.23. The fourth-order valence-corrected chi connectivity index (χ4v) is 3.49. The molecule has 0 aliphatic carbocycles. The molecule has 0 heterocycles. The number of carbonyl (C=O) groups excluding carboxylic acids is 1. The van der Waals surface area contributed by atoms with Crippen LogP contribution in [0.25, 0.3) is 0 Å². The first kappa shape index (κ1) is 18.5. The highest BCUT2D eigenvalue weighted by atomic mass is 35.7. The van der Waals surface area contributed by atoms with Crippen molar-refractivity contribution in [3.63, 3.8) is 0 Å². The van der Waals surface area contributed by atoms with E-state index in [-0.39, 0.29) is 20.5 Å². The first-order valence-corrected chi connectivity index (χ1v) is 9.05. The molecule has 0 bridgehead atoms. The molecule has 0 radical (unpaired) electrons. The molecule has 118 valence electrons. The zero-order valence-corrected chi connectivity index (χ0v) is 14.2. The molecule has 1 aromatic carbocycles. The largest absolute Gasteiger partial charge is 0.385 e. The Morgan fingerprint density at radius 1 is 1.29 bits per heavy atom. The summed E-state index contributed by atoms with van der Waals surface area (Å²) < 4.78 is 27.6. The molecule has 0 spiro atoms. The Morgan fingerprint density at radius 3 is 2.52 bits per heavy atom. The summed E-state index contributed by atoms with van der Waals surface area (Å²) in [5, 5.41) is 2.39. The lowest BCUT2D eigenvalue weighted by atomic mass is 10.2. The van der Waals surface area contributed by atoms with Crippen LogP contribution in [0.15, 0.2) is 17.0 Å². The second kappa shape index (κ2) is 8.19. The maximum atomic E-state index is 12.0. The number of hydrogen-bond acceptors (Lipinski definition) is 4. The number of halogens is 3. The summed E-state index contributed by atoms with van der Waals surface area (Å²) in [5.74, 6) is -0.551. The van der Waals surface area contributed by atoms with Crippen LogP contribution in [-0.2, 0) is 13.8 Å². The number of unbranched alkanes of at least 4 members (excludes halogenated alkanes) is 1. The molecule has 0 aromatic heterocycles. The van der Waals surface area contributed by atoms with Crippen LogP contribution in [0.3, 0.4) is 0 Å².